The fourth-order valence-electron chi connectivity index (χ4n) is 2.25. The number of sulfone groups is 1. The minimum atomic E-state index is -3.00. The molecule has 0 radical (unpaired) electrons. The Morgan fingerprint density at radius 1 is 1.44 bits per heavy atom. The molecule has 0 spiro atoms. The molecule has 0 saturated carbocycles. The van der Waals surface area contributed by atoms with Crippen molar-refractivity contribution in [1.82, 2.24) is 5.32 Å². The molecule has 0 amide bonds. The average molecular weight is 269 g/mol. The maximum atomic E-state index is 11.5. The topological polar surface area (TPSA) is 55.4 Å². The maximum absolute atomic E-state index is 11.5. The van der Waals surface area contributed by atoms with E-state index < -0.39 is 9.84 Å². The summed E-state index contributed by atoms with van der Waals surface area (Å²) in [6.45, 7) is 3.44. The van der Waals surface area contributed by atoms with E-state index >= 15 is 0 Å². The fourth-order valence-corrected chi connectivity index (χ4v) is 3.16. The summed E-state index contributed by atoms with van der Waals surface area (Å²) in [5, 5.41) is 3.23. The van der Waals surface area contributed by atoms with E-state index in [0.717, 1.165) is 30.9 Å². The molecule has 100 valence electrons. The van der Waals surface area contributed by atoms with Crippen LogP contribution in [0.3, 0.4) is 0 Å². The normalized spacial score (nSPS) is 16.1. The van der Waals surface area contributed by atoms with Crippen LogP contribution in [0.25, 0.3) is 0 Å². The number of benzene rings is 1. The lowest BCUT2D eigenvalue weighted by Gasteiger charge is -2.18. The van der Waals surface area contributed by atoms with E-state index in [1.54, 1.807) is 0 Å². The van der Waals surface area contributed by atoms with Gasteiger partial charge in [0.1, 0.15) is 15.6 Å². The molecule has 0 bridgehead atoms. The SMILES string of the molecule is CCNC(CS(C)(=O)=O)c1ccc2c(c1)CCO2. The van der Waals surface area contributed by atoms with E-state index in [1.807, 2.05) is 19.1 Å². The third-order valence-corrected chi connectivity index (χ3v) is 3.97. The second-order valence-corrected chi connectivity index (χ2v) is 6.85. The lowest BCUT2D eigenvalue weighted by molar-refractivity contribution is 0.357. The first-order valence-corrected chi connectivity index (χ1v) is 8.22. The van der Waals surface area contributed by atoms with Gasteiger partial charge in [0.2, 0.25) is 0 Å². The van der Waals surface area contributed by atoms with Crippen LogP contribution in [0.1, 0.15) is 24.1 Å². The van der Waals surface area contributed by atoms with Crippen molar-refractivity contribution in [3.8, 4) is 5.75 Å². The molecule has 1 aromatic rings. The minimum Gasteiger partial charge on any atom is -0.493 e. The fraction of sp³-hybridized carbons (Fsp3) is 0.538. The monoisotopic (exact) mass is 269 g/mol. The van der Waals surface area contributed by atoms with Gasteiger partial charge in [-0.15, -0.1) is 0 Å². The number of fused-ring (bicyclic) bond motifs is 1. The molecule has 1 unspecified atom stereocenters. The Kier molecular flexibility index (Phi) is 3.92. The van der Waals surface area contributed by atoms with Gasteiger partial charge in [-0.2, -0.15) is 0 Å². The van der Waals surface area contributed by atoms with Gasteiger partial charge >= 0.3 is 0 Å². The molecule has 2 rings (SSSR count). The van der Waals surface area contributed by atoms with Gasteiger partial charge in [-0.25, -0.2) is 8.42 Å². The highest BCUT2D eigenvalue weighted by molar-refractivity contribution is 7.90. The summed E-state index contributed by atoms with van der Waals surface area (Å²) in [6.07, 6.45) is 2.18. The van der Waals surface area contributed by atoms with Crippen molar-refractivity contribution < 1.29 is 13.2 Å². The van der Waals surface area contributed by atoms with E-state index in [1.165, 1.54) is 11.8 Å². The summed E-state index contributed by atoms with van der Waals surface area (Å²) >= 11 is 0. The first kappa shape index (κ1) is 13.4. The first-order valence-electron chi connectivity index (χ1n) is 6.16. The van der Waals surface area contributed by atoms with Crippen molar-refractivity contribution >= 4 is 9.84 Å². The highest BCUT2D eigenvalue weighted by Gasteiger charge is 2.19. The predicted molar refractivity (Wildman–Crippen MR) is 71.8 cm³/mol. The maximum Gasteiger partial charge on any atom is 0.149 e. The molecular weight excluding hydrogens is 250 g/mol. The van der Waals surface area contributed by atoms with Gasteiger partial charge < -0.3 is 10.1 Å². The standard InChI is InChI=1S/C13H19NO3S/c1-3-14-12(9-18(2,15)16)10-4-5-13-11(8-10)6-7-17-13/h4-5,8,12,14H,3,6-7,9H2,1-2H3. The Labute approximate surface area is 108 Å². The van der Waals surface area contributed by atoms with Crippen LogP contribution in [0.4, 0.5) is 0 Å². The Balaban J connectivity index is 2.25. The summed E-state index contributed by atoms with van der Waals surface area (Å²) in [5.41, 5.74) is 2.19. The first-order chi connectivity index (χ1) is 8.49. The van der Waals surface area contributed by atoms with Crippen molar-refractivity contribution in [2.24, 2.45) is 0 Å². The number of nitrogens with one attached hydrogen (secondary N) is 1. The minimum absolute atomic E-state index is 0.125. The molecule has 1 atom stereocenters. The molecule has 0 saturated heterocycles. The summed E-state index contributed by atoms with van der Waals surface area (Å²) in [4.78, 5) is 0. The quantitative estimate of drug-likeness (QED) is 0.876. The van der Waals surface area contributed by atoms with E-state index in [9.17, 15) is 8.42 Å². The van der Waals surface area contributed by atoms with Crippen molar-refractivity contribution in [2.45, 2.75) is 19.4 Å². The molecule has 0 fully saturated rings. The zero-order chi connectivity index (χ0) is 13.2. The lowest BCUT2D eigenvalue weighted by Crippen LogP contribution is -2.27. The Morgan fingerprint density at radius 3 is 2.89 bits per heavy atom. The van der Waals surface area contributed by atoms with Gasteiger partial charge in [0.05, 0.1) is 12.4 Å². The average Bonchev–Trinajstić information content (AvgIpc) is 2.73. The Hall–Kier alpha value is -1.07. The molecule has 1 heterocycles. The smallest absolute Gasteiger partial charge is 0.149 e. The van der Waals surface area contributed by atoms with Gasteiger partial charge in [-0.05, 0) is 23.7 Å². The van der Waals surface area contributed by atoms with Crippen molar-refractivity contribution in [3.63, 3.8) is 0 Å². The van der Waals surface area contributed by atoms with Gasteiger partial charge in [0, 0.05) is 18.7 Å². The molecule has 1 aromatic carbocycles. The number of hydrogen-bond acceptors (Lipinski definition) is 4. The molecule has 5 heteroatoms. The van der Waals surface area contributed by atoms with Crippen LogP contribution in [0.5, 0.6) is 5.75 Å². The van der Waals surface area contributed by atoms with Crippen LogP contribution in [-0.2, 0) is 16.3 Å². The van der Waals surface area contributed by atoms with Gasteiger partial charge in [0.25, 0.3) is 0 Å². The predicted octanol–water partition coefficient (Wildman–Crippen LogP) is 1.32. The van der Waals surface area contributed by atoms with Crippen LogP contribution < -0.4 is 10.1 Å². The van der Waals surface area contributed by atoms with E-state index in [4.69, 9.17) is 4.74 Å². The number of ether oxygens (including phenoxy) is 1. The Bertz CT molecular complexity index is 525. The van der Waals surface area contributed by atoms with Crippen LogP contribution in [0, 0.1) is 0 Å². The van der Waals surface area contributed by atoms with Crippen LogP contribution >= 0.6 is 0 Å². The van der Waals surface area contributed by atoms with Crippen molar-refractivity contribution in [3.05, 3.63) is 29.3 Å². The van der Waals surface area contributed by atoms with Crippen LogP contribution in [0.15, 0.2) is 18.2 Å². The van der Waals surface area contributed by atoms with Crippen LogP contribution in [0.2, 0.25) is 0 Å². The summed E-state index contributed by atoms with van der Waals surface area (Å²) in [6, 6.07) is 5.80. The molecular formula is C13H19NO3S. The molecule has 0 aromatic heterocycles. The van der Waals surface area contributed by atoms with E-state index in [0.29, 0.717) is 0 Å². The highest BCUT2D eigenvalue weighted by Crippen LogP contribution is 2.28. The van der Waals surface area contributed by atoms with E-state index in [-0.39, 0.29) is 11.8 Å². The molecule has 1 N–H and O–H groups in total. The van der Waals surface area contributed by atoms with Crippen molar-refractivity contribution in [1.29, 1.82) is 0 Å². The molecule has 0 aliphatic carbocycles. The summed E-state index contributed by atoms with van der Waals surface area (Å²) in [7, 11) is -3.00. The zero-order valence-corrected chi connectivity index (χ0v) is 11.6. The number of hydrogen-bond donors (Lipinski definition) is 1. The lowest BCUT2D eigenvalue weighted by atomic mass is 10.0. The van der Waals surface area contributed by atoms with Gasteiger partial charge in [-0.1, -0.05) is 19.1 Å². The third kappa shape index (κ3) is 3.23. The second-order valence-electron chi connectivity index (χ2n) is 4.67. The van der Waals surface area contributed by atoms with Crippen molar-refractivity contribution in [2.75, 3.05) is 25.2 Å². The van der Waals surface area contributed by atoms with Gasteiger partial charge in [-0.3, -0.25) is 0 Å². The second kappa shape index (κ2) is 5.28. The zero-order valence-electron chi connectivity index (χ0n) is 10.8. The Morgan fingerprint density at radius 2 is 2.22 bits per heavy atom. The molecule has 18 heavy (non-hydrogen) atoms. The molecule has 4 nitrogen and oxygen atoms in total. The summed E-state index contributed by atoms with van der Waals surface area (Å²) in [5.74, 6) is 1.05. The molecule has 1 aliphatic heterocycles. The third-order valence-electron chi connectivity index (χ3n) is 3.04. The number of rotatable bonds is 5. The van der Waals surface area contributed by atoms with E-state index in [2.05, 4.69) is 11.4 Å². The molecule has 1 aliphatic rings. The van der Waals surface area contributed by atoms with Crippen LogP contribution in [-0.4, -0.2) is 33.6 Å². The largest absolute Gasteiger partial charge is 0.493 e. The van der Waals surface area contributed by atoms with Gasteiger partial charge in [0.15, 0.2) is 0 Å². The summed E-state index contributed by atoms with van der Waals surface area (Å²) < 4.78 is 28.4. The highest BCUT2D eigenvalue weighted by atomic mass is 32.2.